The minimum absolute atomic E-state index is 0.180. The van der Waals surface area contributed by atoms with Gasteiger partial charge in [-0.1, -0.05) is 59.8 Å². The molecule has 1 aliphatic carbocycles. The summed E-state index contributed by atoms with van der Waals surface area (Å²) in [5.41, 5.74) is 9.79. The average molecular weight is 366 g/mol. The summed E-state index contributed by atoms with van der Waals surface area (Å²) in [6, 6.07) is 23.8. The molecule has 4 aromatic rings. The highest BCUT2D eigenvalue weighted by Gasteiger charge is 2.27. The lowest BCUT2D eigenvalue weighted by Gasteiger charge is -2.14. The van der Waals surface area contributed by atoms with Crippen molar-refractivity contribution < 1.29 is 0 Å². The number of benzene rings is 3. The van der Waals surface area contributed by atoms with Gasteiger partial charge in [-0.05, 0) is 59.4 Å². The van der Waals surface area contributed by atoms with E-state index in [2.05, 4.69) is 96.2 Å². The minimum Gasteiger partial charge on any atom is -0.300 e. The van der Waals surface area contributed by atoms with E-state index >= 15 is 0 Å². The smallest absolute Gasteiger partial charge is 0.0969 e. The lowest BCUT2D eigenvalue weighted by Crippen LogP contribution is -2.20. The van der Waals surface area contributed by atoms with Gasteiger partial charge in [0.15, 0.2) is 0 Å². The molecule has 4 nitrogen and oxygen atoms in total. The Morgan fingerprint density at radius 2 is 1.54 bits per heavy atom. The fourth-order valence-corrected chi connectivity index (χ4v) is 3.96. The van der Waals surface area contributed by atoms with Gasteiger partial charge >= 0.3 is 0 Å². The quantitative estimate of drug-likeness (QED) is 0.567. The van der Waals surface area contributed by atoms with Crippen molar-refractivity contribution in [1.82, 2.24) is 20.3 Å². The first-order valence-electron chi connectivity index (χ1n) is 9.61. The number of nitrogens with zero attached hydrogens (tertiary/aromatic N) is 3. The molecule has 4 heteroatoms. The van der Waals surface area contributed by atoms with Crippen LogP contribution in [0.4, 0.5) is 0 Å². The van der Waals surface area contributed by atoms with Crippen molar-refractivity contribution >= 4 is 0 Å². The van der Waals surface area contributed by atoms with Gasteiger partial charge in [-0.15, -0.1) is 5.10 Å². The highest BCUT2D eigenvalue weighted by Crippen LogP contribution is 2.43. The Hall–Kier alpha value is -3.24. The third kappa shape index (κ3) is 2.83. The first-order chi connectivity index (χ1) is 13.7. The Morgan fingerprint density at radius 3 is 2.21 bits per heavy atom. The zero-order chi connectivity index (χ0) is 19.1. The summed E-state index contributed by atoms with van der Waals surface area (Å²) >= 11 is 0. The summed E-state index contributed by atoms with van der Waals surface area (Å²) in [5, 5.41) is 12.4. The fourth-order valence-electron chi connectivity index (χ4n) is 3.96. The molecule has 0 spiro atoms. The summed E-state index contributed by atoms with van der Waals surface area (Å²) in [6.07, 6.45) is 2.00. The topological polar surface area (TPSA) is 42.7 Å². The number of hydrogen-bond acceptors (Lipinski definition) is 3. The molecule has 1 N–H and O–H groups in total. The van der Waals surface area contributed by atoms with Gasteiger partial charge in [0.2, 0.25) is 0 Å². The van der Waals surface area contributed by atoms with E-state index in [9.17, 15) is 0 Å². The van der Waals surface area contributed by atoms with Crippen LogP contribution in [-0.4, -0.2) is 15.0 Å². The van der Waals surface area contributed by atoms with E-state index in [0.717, 1.165) is 11.4 Å². The van der Waals surface area contributed by atoms with Crippen molar-refractivity contribution in [2.24, 2.45) is 0 Å². The van der Waals surface area contributed by atoms with Crippen molar-refractivity contribution in [3.8, 4) is 16.8 Å². The van der Waals surface area contributed by atoms with Gasteiger partial charge in [-0.3, -0.25) is 0 Å². The van der Waals surface area contributed by atoms with Gasteiger partial charge in [-0.25, -0.2) is 4.68 Å². The predicted octanol–water partition coefficient (Wildman–Crippen LogP) is 4.74. The molecule has 0 unspecified atom stereocenters. The molecule has 1 heterocycles. The molecule has 0 radical (unpaired) electrons. The Kier molecular flexibility index (Phi) is 4.06. The van der Waals surface area contributed by atoms with Crippen molar-refractivity contribution in [3.05, 3.63) is 101 Å². The Balaban J connectivity index is 1.39. The monoisotopic (exact) mass is 366 g/mol. The standard InChI is InChI=1S/C24H22N4/c1-16-11-12-19(13-17(16)2)28-15-18(26-27-28)14-25-24-22-9-5-3-7-20(22)21-8-4-6-10-23(21)24/h3-13,15,24-25H,14H2,1-2H3. The number of rotatable bonds is 4. The van der Waals surface area contributed by atoms with E-state index in [1.807, 2.05) is 10.9 Å². The van der Waals surface area contributed by atoms with Gasteiger partial charge in [0, 0.05) is 6.54 Å². The number of aryl methyl sites for hydroxylation is 2. The first kappa shape index (κ1) is 16.9. The SMILES string of the molecule is Cc1ccc(-n2cc(CNC3c4ccccc4-c4ccccc43)nn2)cc1C. The average Bonchev–Trinajstić information content (AvgIpc) is 3.31. The molecule has 3 aromatic carbocycles. The van der Waals surface area contributed by atoms with Crippen LogP contribution in [0, 0.1) is 13.8 Å². The number of fused-ring (bicyclic) bond motifs is 3. The maximum Gasteiger partial charge on any atom is 0.0969 e. The molecular weight excluding hydrogens is 344 g/mol. The third-order valence-corrected chi connectivity index (χ3v) is 5.62. The van der Waals surface area contributed by atoms with E-state index in [-0.39, 0.29) is 6.04 Å². The normalized spacial score (nSPS) is 12.8. The van der Waals surface area contributed by atoms with Crippen LogP contribution in [0.1, 0.15) is 34.0 Å². The van der Waals surface area contributed by atoms with Crippen LogP contribution in [0.5, 0.6) is 0 Å². The van der Waals surface area contributed by atoms with Crippen LogP contribution in [0.2, 0.25) is 0 Å². The molecule has 1 aliphatic rings. The van der Waals surface area contributed by atoms with Crippen LogP contribution in [0.3, 0.4) is 0 Å². The second kappa shape index (κ2) is 6.73. The second-order valence-corrected chi connectivity index (χ2v) is 7.41. The number of aromatic nitrogens is 3. The lowest BCUT2D eigenvalue weighted by molar-refractivity contribution is 0.605. The Labute approximate surface area is 164 Å². The maximum absolute atomic E-state index is 4.37. The predicted molar refractivity (Wildman–Crippen MR) is 111 cm³/mol. The summed E-state index contributed by atoms with van der Waals surface area (Å²) < 4.78 is 1.85. The second-order valence-electron chi connectivity index (χ2n) is 7.41. The Morgan fingerprint density at radius 1 is 0.857 bits per heavy atom. The van der Waals surface area contributed by atoms with Gasteiger partial charge in [0.1, 0.15) is 0 Å². The van der Waals surface area contributed by atoms with Gasteiger partial charge in [-0.2, -0.15) is 0 Å². The van der Waals surface area contributed by atoms with Crippen molar-refractivity contribution in [1.29, 1.82) is 0 Å². The summed E-state index contributed by atoms with van der Waals surface area (Å²) in [4.78, 5) is 0. The number of hydrogen-bond donors (Lipinski definition) is 1. The van der Waals surface area contributed by atoms with Crippen LogP contribution in [-0.2, 0) is 6.54 Å². The molecule has 28 heavy (non-hydrogen) atoms. The molecule has 0 amide bonds. The van der Waals surface area contributed by atoms with Crippen LogP contribution in [0.15, 0.2) is 72.9 Å². The lowest BCUT2D eigenvalue weighted by atomic mass is 10.1. The molecule has 0 saturated carbocycles. The minimum atomic E-state index is 0.180. The molecule has 0 bridgehead atoms. The van der Waals surface area contributed by atoms with Gasteiger partial charge < -0.3 is 5.32 Å². The van der Waals surface area contributed by atoms with E-state index < -0.39 is 0 Å². The largest absolute Gasteiger partial charge is 0.300 e. The van der Waals surface area contributed by atoms with Gasteiger partial charge in [0.25, 0.3) is 0 Å². The van der Waals surface area contributed by atoms with E-state index in [1.54, 1.807) is 0 Å². The van der Waals surface area contributed by atoms with E-state index in [4.69, 9.17) is 0 Å². The summed E-state index contributed by atoms with van der Waals surface area (Å²) in [6.45, 7) is 4.90. The molecule has 1 aromatic heterocycles. The van der Waals surface area contributed by atoms with E-state index in [0.29, 0.717) is 6.54 Å². The van der Waals surface area contributed by atoms with E-state index in [1.165, 1.54) is 33.4 Å². The zero-order valence-electron chi connectivity index (χ0n) is 16.1. The fraction of sp³-hybridized carbons (Fsp3) is 0.167. The zero-order valence-corrected chi connectivity index (χ0v) is 16.1. The molecule has 0 atom stereocenters. The molecule has 138 valence electrons. The number of nitrogens with one attached hydrogen (secondary N) is 1. The Bertz CT molecular complexity index is 1110. The summed E-state index contributed by atoms with van der Waals surface area (Å²) in [5.74, 6) is 0. The molecule has 0 saturated heterocycles. The molecular formula is C24H22N4. The van der Waals surface area contributed by atoms with Crippen molar-refractivity contribution in [2.75, 3.05) is 0 Å². The highest BCUT2D eigenvalue weighted by molar-refractivity contribution is 5.78. The third-order valence-electron chi connectivity index (χ3n) is 5.62. The highest BCUT2D eigenvalue weighted by atomic mass is 15.4. The van der Waals surface area contributed by atoms with Crippen LogP contribution in [0.25, 0.3) is 16.8 Å². The van der Waals surface area contributed by atoms with Crippen molar-refractivity contribution in [3.63, 3.8) is 0 Å². The molecule has 0 aliphatic heterocycles. The van der Waals surface area contributed by atoms with Crippen LogP contribution < -0.4 is 5.32 Å². The summed E-state index contributed by atoms with van der Waals surface area (Å²) in [7, 11) is 0. The van der Waals surface area contributed by atoms with Gasteiger partial charge in [0.05, 0.1) is 23.6 Å². The maximum atomic E-state index is 4.37. The molecule has 0 fully saturated rings. The first-order valence-corrected chi connectivity index (χ1v) is 9.61. The molecule has 5 rings (SSSR count). The van der Waals surface area contributed by atoms with Crippen molar-refractivity contribution in [2.45, 2.75) is 26.4 Å². The van der Waals surface area contributed by atoms with Crippen LogP contribution >= 0.6 is 0 Å².